The van der Waals surface area contributed by atoms with E-state index in [0.29, 0.717) is 5.92 Å². The summed E-state index contributed by atoms with van der Waals surface area (Å²) >= 11 is 0. The van der Waals surface area contributed by atoms with Crippen LogP contribution in [0.3, 0.4) is 0 Å². The van der Waals surface area contributed by atoms with Crippen molar-refractivity contribution in [2.75, 3.05) is 6.61 Å². The minimum Gasteiger partial charge on any atom is -0.494 e. The highest BCUT2D eigenvalue weighted by Gasteiger charge is 2.24. The van der Waals surface area contributed by atoms with Crippen LogP contribution >= 0.6 is 0 Å². The second kappa shape index (κ2) is 4.26. The van der Waals surface area contributed by atoms with Crippen LogP contribution in [-0.4, -0.2) is 6.61 Å². The van der Waals surface area contributed by atoms with Crippen molar-refractivity contribution in [1.29, 1.82) is 0 Å². The van der Waals surface area contributed by atoms with E-state index in [1.165, 1.54) is 24.0 Å². The van der Waals surface area contributed by atoms with Crippen molar-refractivity contribution < 1.29 is 4.74 Å². The van der Waals surface area contributed by atoms with Crippen molar-refractivity contribution in [3.63, 3.8) is 0 Å². The highest BCUT2D eigenvalue weighted by molar-refractivity contribution is 5.42. The lowest BCUT2D eigenvalue weighted by Crippen LogP contribution is -1.99. The largest absolute Gasteiger partial charge is 0.494 e. The van der Waals surface area contributed by atoms with E-state index in [1.54, 1.807) is 0 Å². The molecular weight excluding hydrogens is 184 g/mol. The van der Waals surface area contributed by atoms with E-state index in [0.717, 1.165) is 18.3 Å². The number of hydrogen-bond acceptors (Lipinski definition) is 1. The minimum atomic E-state index is 0.297. The quantitative estimate of drug-likeness (QED) is 0.721. The van der Waals surface area contributed by atoms with Crippen molar-refractivity contribution in [2.24, 2.45) is 0 Å². The summed E-state index contributed by atoms with van der Waals surface area (Å²) in [5.41, 5.74) is 2.71. The van der Waals surface area contributed by atoms with Gasteiger partial charge in [-0.15, -0.1) is 0 Å². The molecule has 2 rings (SSSR count). The van der Waals surface area contributed by atoms with Gasteiger partial charge in [-0.2, -0.15) is 0 Å². The number of rotatable bonds is 4. The zero-order valence-corrected chi connectivity index (χ0v) is 9.62. The second-order valence-electron chi connectivity index (χ2n) is 4.41. The lowest BCUT2D eigenvalue weighted by molar-refractivity contribution is 0.335. The molecular formula is C14H19O. The van der Waals surface area contributed by atoms with E-state index in [1.807, 2.05) is 6.92 Å². The zero-order chi connectivity index (χ0) is 10.8. The summed E-state index contributed by atoms with van der Waals surface area (Å²) in [5.74, 6) is 2.10. The van der Waals surface area contributed by atoms with E-state index >= 15 is 0 Å². The molecule has 1 aromatic rings. The number of ether oxygens (including phenoxy) is 1. The molecule has 15 heavy (non-hydrogen) atoms. The van der Waals surface area contributed by atoms with Gasteiger partial charge in [-0.05, 0) is 55.7 Å². The molecule has 0 spiro atoms. The Kier molecular flexibility index (Phi) is 2.99. The van der Waals surface area contributed by atoms with E-state index in [2.05, 4.69) is 32.0 Å². The maximum absolute atomic E-state index is 5.61. The topological polar surface area (TPSA) is 9.23 Å². The van der Waals surface area contributed by atoms with E-state index in [4.69, 9.17) is 4.74 Å². The molecule has 1 radical (unpaired) electrons. The average molecular weight is 203 g/mol. The van der Waals surface area contributed by atoms with E-state index in [-0.39, 0.29) is 0 Å². The molecule has 1 unspecified atom stereocenters. The summed E-state index contributed by atoms with van der Waals surface area (Å²) in [4.78, 5) is 0. The van der Waals surface area contributed by atoms with Gasteiger partial charge in [-0.3, -0.25) is 0 Å². The van der Waals surface area contributed by atoms with E-state index < -0.39 is 0 Å². The molecule has 0 aromatic heterocycles. The Labute approximate surface area is 92.5 Å². The molecule has 1 nitrogen and oxygen atoms in total. The molecule has 0 N–H and O–H groups in total. The maximum atomic E-state index is 5.61. The fourth-order valence-electron chi connectivity index (χ4n) is 1.91. The van der Waals surface area contributed by atoms with Gasteiger partial charge in [0.2, 0.25) is 0 Å². The molecule has 1 aliphatic carbocycles. The molecule has 1 saturated carbocycles. The number of benzene rings is 1. The normalized spacial score (nSPS) is 15.7. The van der Waals surface area contributed by atoms with Crippen LogP contribution in [0.5, 0.6) is 5.75 Å². The van der Waals surface area contributed by atoms with Gasteiger partial charge in [0, 0.05) is 0 Å². The third-order valence-electron chi connectivity index (χ3n) is 2.91. The van der Waals surface area contributed by atoms with Gasteiger partial charge in [0.25, 0.3) is 0 Å². The zero-order valence-electron chi connectivity index (χ0n) is 9.62. The highest BCUT2D eigenvalue weighted by Crippen LogP contribution is 2.42. The van der Waals surface area contributed by atoms with Gasteiger partial charge in [0.05, 0.1) is 6.61 Å². The Morgan fingerprint density at radius 2 is 2.20 bits per heavy atom. The summed E-state index contributed by atoms with van der Waals surface area (Å²) in [7, 11) is 0. The Hall–Kier alpha value is -0.980. The van der Waals surface area contributed by atoms with Crippen molar-refractivity contribution in [3.8, 4) is 5.75 Å². The first-order valence-corrected chi connectivity index (χ1v) is 5.82. The summed E-state index contributed by atoms with van der Waals surface area (Å²) < 4.78 is 5.61. The van der Waals surface area contributed by atoms with Crippen LogP contribution in [0.2, 0.25) is 0 Å². The number of hydrogen-bond donors (Lipinski definition) is 0. The van der Waals surface area contributed by atoms with Crippen molar-refractivity contribution >= 4 is 0 Å². The Bertz CT molecular complexity index is 337. The van der Waals surface area contributed by atoms with Gasteiger partial charge in [0.1, 0.15) is 5.75 Å². The van der Waals surface area contributed by atoms with Gasteiger partial charge in [-0.25, -0.2) is 0 Å². The third kappa shape index (κ3) is 2.34. The lowest BCUT2D eigenvalue weighted by atomic mass is 9.98. The van der Waals surface area contributed by atoms with Crippen LogP contribution in [0.1, 0.15) is 49.7 Å². The van der Waals surface area contributed by atoms with Crippen LogP contribution < -0.4 is 4.74 Å². The molecule has 0 aliphatic heterocycles. The van der Waals surface area contributed by atoms with Crippen LogP contribution in [-0.2, 0) is 0 Å². The molecule has 1 atom stereocenters. The smallest absolute Gasteiger partial charge is 0.122 e. The first kappa shape index (κ1) is 10.5. The highest BCUT2D eigenvalue weighted by atomic mass is 16.5. The predicted octanol–water partition coefficient (Wildman–Crippen LogP) is 3.90. The summed E-state index contributed by atoms with van der Waals surface area (Å²) in [6.45, 7) is 8.96. The summed E-state index contributed by atoms with van der Waals surface area (Å²) in [5, 5.41) is 0. The Morgan fingerprint density at radius 3 is 2.73 bits per heavy atom. The second-order valence-corrected chi connectivity index (χ2v) is 4.41. The first-order chi connectivity index (χ1) is 7.22. The molecule has 81 valence electrons. The molecule has 1 fully saturated rings. The summed E-state index contributed by atoms with van der Waals surface area (Å²) in [6.07, 6.45) is 2.69. The maximum Gasteiger partial charge on any atom is 0.122 e. The van der Waals surface area contributed by atoms with Gasteiger partial charge in [0.15, 0.2) is 0 Å². The Balaban J connectivity index is 2.30. The molecule has 0 saturated heterocycles. The van der Waals surface area contributed by atoms with Crippen molar-refractivity contribution in [3.05, 3.63) is 36.2 Å². The SMILES string of the molecule is [CH2]C(C)c1cc(C2CC2)ccc1OCC. The summed E-state index contributed by atoms with van der Waals surface area (Å²) in [6, 6.07) is 6.59. The minimum absolute atomic E-state index is 0.297. The average Bonchev–Trinajstić information content (AvgIpc) is 3.02. The molecule has 1 heteroatoms. The molecule has 1 aromatic carbocycles. The van der Waals surface area contributed by atoms with E-state index in [9.17, 15) is 0 Å². The van der Waals surface area contributed by atoms with Crippen LogP contribution in [0.25, 0.3) is 0 Å². The third-order valence-corrected chi connectivity index (χ3v) is 2.91. The molecule has 0 amide bonds. The predicted molar refractivity (Wildman–Crippen MR) is 63.4 cm³/mol. The fourth-order valence-corrected chi connectivity index (χ4v) is 1.91. The van der Waals surface area contributed by atoms with Crippen LogP contribution in [0.15, 0.2) is 18.2 Å². The van der Waals surface area contributed by atoms with Gasteiger partial charge >= 0.3 is 0 Å². The molecule has 0 heterocycles. The van der Waals surface area contributed by atoms with Gasteiger partial charge < -0.3 is 4.74 Å². The van der Waals surface area contributed by atoms with Crippen LogP contribution in [0, 0.1) is 6.92 Å². The molecule has 1 aliphatic rings. The fraction of sp³-hybridized carbons (Fsp3) is 0.500. The lowest BCUT2D eigenvalue weighted by Gasteiger charge is -2.14. The molecule has 0 bridgehead atoms. The van der Waals surface area contributed by atoms with Gasteiger partial charge in [-0.1, -0.05) is 19.1 Å². The van der Waals surface area contributed by atoms with Crippen molar-refractivity contribution in [2.45, 2.75) is 38.5 Å². The first-order valence-electron chi connectivity index (χ1n) is 5.82. The van der Waals surface area contributed by atoms with Crippen molar-refractivity contribution in [1.82, 2.24) is 0 Å². The monoisotopic (exact) mass is 203 g/mol. The standard InChI is InChI=1S/C14H19O/c1-4-15-14-8-7-12(11-5-6-11)9-13(14)10(2)3/h7-11H,2,4-6H2,1,3H3. The van der Waals surface area contributed by atoms with Crippen LogP contribution in [0.4, 0.5) is 0 Å². The Morgan fingerprint density at radius 1 is 1.47 bits per heavy atom.